The number of nitrogens with zero attached hydrogens (tertiary/aromatic N) is 2. The van der Waals surface area contributed by atoms with E-state index in [1.807, 2.05) is 49.4 Å². The van der Waals surface area contributed by atoms with Crippen molar-refractivity contribution in [3.8, 4) is 17.2 Å². The highest BCUT2D eigenvalue weighted by molar-refractivity contribution is 7.99. The minimum absolute atomic E-state index is 0.110. The van der Waals surface area contributed by atoms with Crippen molar-refractivity contribution in [1.82, 2.24) is 10.2 Å². The number of ether oxygens (including phenoxy) is 1. The third kappa shape index (κ3) is 4.49. The van der Waals surface area contributed by atoms with Gasteiger partial charge < -0.3 is 14.5 Å². The van der Waals surface area contributed by atoms with Gasteiger partial charge >= 0.3 is 0 Å². The average molecular weight is 383 g/mol. The highest BCUT2D eigenvalue weighted by Gasteiger charge is 2.15. The maximum absolute atomic E-state index is 12.3. The Kier molecular flexibility index (Phi) is 6.13. The van der Waals surface area contributed by atoms with Crippen LogP contribution in [0.2, 0.25) is 0 Å². The Labute approximate surface area is 162 Å². The van der Waals surface area contributed by atoms with Crippen LogP contribution in [0, 0.1) is 6.92 Å². The Hall–Kier alpha value is -2.80. The summed E-state index contributed by atoms with van der Waals surface area (Å²) >= 11 is 1.20. The molecule has 0 aliphatic carbocycles. The number of nitrogens with one attached hydrogen (secondary N) is 1. The molecule has 1 aromatic heterocycles. The number of para-hydroxylation sites is 2. The van der Waals surface area contributed by atoms with Gasteiger partial charge in [0.05, 0.1) is 18.4 Å². The molecule has 1 N–H and O–H groups in total. The number of anilines is 1. The Bertz CT molecular complexity index is 940. The largest absolute Gasteiger partial charge is 0.496 e. The summed E-state index contributed by atoms with van der Waals surface area (Å²) < 4.78 is 11.0. The summed E-state index contributed by atoms with van der Waals surface area (Å²) in [5.74, 6) is 1.09. The molecule has 0 radical (unpaired) electrons. The summed E-state index contributed by atoms with van der Waals surface area (Å²) in [5.41, 5.74) is 3.76. The topological polar surface area (TPSA) is 77.2 Å². The number of thioether (sulfide) groups is 1. The Balaban J connectivity index is 1.65. The highest BCUT2D eigenvalue weighted by atomic mass is 32.2. The second-order valence-corrected chi connectivity index (χ2v) is 6.80. The van der Waals surface area contributed by atoms with Gasteiger partial charge in [-0.2, -0.15) is 0 Å². The van der Waals surface area contributed by atoms with Crippen molar-refractivity contribution in [2.75, 3.05) is 18.2 Å². The van der Waals surface area contributed by atoms with Gasteiger partial charge in [-0.3, -0.25) is 4.79 Å². The van der Waals surface area contributed by atoms with E-state index in [9.17, 15) is 4.79 Å². The van der Waals surface area contributed by atoms with Gasteiger partial charge in [-0.25, -0.2) is 0 Å². The first-order valence-corrected chi connectivity index (χ1v) is 9.59. The molecule has 1 amide bonds. The molecule has 1 heterocycles. The normalized spacial score (nSPS) is 10.6. The third-order valence-electron chi connectivity index (χ3n) is 4.07. The van der Waals surface area contributed by atoms with Crippen LogP contribution in [0.5, 0.6) is 5.75 Å². The van der Waals surface area contributed by atoms with Crippen LogP contribution in [0.25, 0.3) is 11.5 Å². The quantitative estimate of drug-likeness (QED) is 0.611. The van der Waals surface area contributed by atoms with Gasteiger partial charge in [-0.15, -0.1) is 10.2 Å². The average Bonchev–Trinajstić information content (AvgIpc) is 3.16. The van der Waals surface area contributed by atoms with Crippen molar-refractivity contribution < 1.29 is 13.9 Å². The zero-order valence-electron chi connectivity index (χ0n) is 15.5. The molecule has 0 unspecified atom stereocenters. The van der Waals surface area contributed by atoms with Crippen LogP contribution in [0.3, 0.4) is 0 Å². The first-order chi connectivity index (χ1) is 13.1. The van der Waals surface area contributed by atoms with E-state index in [4.69, 9.17) is 9.15 Å². The number of amides is 1. The van der Waals surface area contributed by atoms with Crippen molar-refractivity contribution in [3.05, 3.63) is 53.6 Å². The van der Waals surface area contributed by atoms with Crippen molar-refractivity contribution in [3.63, 3.8) is 0 Å². The molecule has 0 saturated heterocycles. The van der Waals surface area contributed by atoms with Gasteiger partial charge in [0.25, 0.3) is 11.1 Å². The summed E-state index contributed by atoms with van der Waals surface area (Å²) in [4.78, 5) is 12.3. The minimum Gasteiger partial charge on any atom is -0.496 e. The zero-order chi connectivity index (χ0) is 19.2. The number of methoxy groups -OCH3 is 1. The lowest BCUT2D eigenvalue weighted by atomic mass is 10.1. The fraction of sp³-hybridized carbons (Fsp3) is 0.250. The van der Waals surface area contributed by atoms with E-state index in [-0.39, 0.29) is 11.7 Å². The lowest BCUT2D eigenvalue weighted by Gasteiger charge is -2.12. The van der Waals surface area contributed by atoms with E-state index < -0.39 is 0 Å². The van der Waals surface area contributed by atoms with Gasteiger partial charge in [0.15, 0.2) is 0 Å². The first kappa shape index (κ1) is 19.0. The number of aromatic nitrogens is 2. The van der Waals surface area contributed by atoms with E-state index in [0.717, 1.165) is 28.8 Å². The molecule has 0 aliphatic heterocycles. The van der Waals surface area contributed by atoms with Crippen LogP contribution in [-0.2, 0) is 11.2 Å². The smallest absolute Gasteiger partial charge is 0.277 e. The minimum atomic E-state index is -0.110. The standard InChI is InChI=1S/C20H21N3O3S/c1-4-14-9-7-8-13(2)18(14)21-17(24)12-27-20-23-22-19(26-20)15-10-5-6-11-16(15)25-3/h5-11H,4,12H2,1-3H3,(H,21,24). The van der Waals surface area contributed by atoms with Crippen LogP contribution < -0.4 is 10.1 Å². The molecule has 0 atom stereocenters. The van der Waals surface area contributed by atoms with Gasteiger partial charge in [0.2, 0.25) is 5.91 Å². The van der Waals surface area contributed by atoms with Crippen LogP contribution in [0.1, 0.15) is 18.1 Å². The molecule has 3 rings (SSSR count). The van der Waals surface area contributed by atoms with Crippen molar-refractivity contribution in [2.45, 2.75) is 25.5 Å². The molecule has 0 bridgehead atoms. The highest BCUT2D eigenvalue weighted by Crippen LogP contribution is 2.30. The van der Waals surface area contributed by atoms with Gasteiger partial charge in [0.1, 0.15) is 5.75 Å². The Morgan fingerprint density at radius 1 is 1.19 bits per heavy atom. The lowest BCUT2D eigenvalue weighted by Crippen LogP contribution is -2.16. The van der Waals surface area contributed by atoms with E-state index in [1.165, 1.54) is 11.8 Å². The molecule has 0 saturated carbocycles. The lowest BCUT2D eigenvalue weighted by molar-refractivity contribution is -0.113. The van der Waals surface area contributed by atoms with Gasteiger partial charge in [0, 0.05) is 5.69 Å². The molecule has 2 aromatic carbocycles. The number of aryl methyl sites for hydroxylation is 2. The van der Waals surface area contributed by atoms with E-state index in [0.29, 0.717) is 16.9 Å². The van der Waals surface area contributed by atoms with Crippen molar-refractivity contribution >= 4 is 23.4 Å². The molecule has 3 aromatic rings. The fourth-order valence-corrected chi connectivity index (χ4v) is 3.27. The summed E-state index contributed by atoms with van der Waals surface area (Å²) in [6, 6.07) is 13.4. The predicted octanol–water partition coefficient (Wildman–Crippen LogP) is 4.35. The van der Waals surface area contributed by atoms with Gasteiger partial charge in [-0.05, 0) is 36.6 Å². The molecule has 6 nitrogen and oxygen atoms in total. The number of benzene rings is 2. The third-order valence-corrected chi connectivity index (χ3v) is 4.89. The van der Waals surface area contributed by atoms with Crippen LogP contribution in [0.4, 0.5) is 5.69 Å². The number of carbonyl (C=O) groups is 1. The summed E-state index contributed by atoms with van der Waals surface area (Å²) in [6.07, 6.45) is 0.858. The molecule has 140 valence electrons. The summed E-state index contributed by atoms with van der Waals surface area (Å²) in [5, 5.41) is 11.4. The van der Waals surface area contributed by atoms with Crippen molar-refractivity contribution in [1.29, 1.82) is 0 Å². The number of carbonyl (C=O) groups excluding carboxylic acids is 1. The van der Waals surface area contributed by atoms with E-state index in [1.54, 1.807) is 7.11 Å². The molecule has 0 fully saturated rings. The van der Waals surface area contributed by atoms with Crippen LogP contribution >= 0.6 is 11.8 Å². The van der Waals surface area contributed by atoms with E-state index >= 15 is 0 Å². The SMILES string of the molecule is CCc1cccc(C)c1NC(=O)CSc1nnc(-c2ccccc2OC)o1. The van der Waals surface area contributed by atoms with Crippen molar-refractivity contribution in [2.24, 2.45) is 0 Å². The number of hydrogen-bond donors (Lipinski definition) is 1. The summed E-state index contributed by atoms with van der Waals surface area (Å²) in [7, 11) is 1.59. The maximum Gasteiger partial charge on any atom is 0.277 e. The number of rotatable bonds is 7. The molecule has 0 aliphatic rings. The second-order valence-electron chi connectivity index (χ2n) is 5.87. The summed E-state index contributed by atoms with van der Waals surface area (Å²) in [6.45, 7) is 4.05. The van der Waals surface area contributed by atoms with Gasteiger partial charge in [-0.1, -0.05) is 49.0 Å². The zero-order valence-corrected chi connectivity index (χ0v) is 16.3. The van der Waals surface area contributed by atoms with E-state index in [2.05, 4.69) is 22.4 Å². The van der Waals surface area contributed by atoms with Crippen LogP contribution in [-0.4, -0.2) is 29.0 Å². The molecule has 0 spiro atoms. The predicted molar refractivity (Wildman–Crippen MR) is 106 cm³/mol. The molecule has 27 heavy (non-hydrogen) atoms. The number of hydrogen-bond acceptors (Lipinski definition) is 6. The molecular weight excluding hydrogens is 362 g/mol. The monoisotopic (exact) mass is 383 g/mol. The molecule has 7 heteroatoms. The van der Waals surface area contributed by atoms with Crippen LogP contribution in [0.15, 0.2) is 52.1 Å². The first-order valence-electron chi connectivity index (χ1n) is 8.60. The Morgan fingerprint density at radius 3 is 2.78 bits per heavy atom. The maximum atomic E-state index is 12.3. The second kappa shape index (κ2) is 8.73. The fourth-order valence-electron chi connectivity index (χ4n) is 2.70. The Morgan fingerprint density at radius 2 is 2.00 bits per heavy atom. The molecular formula is C20H21N3O3S.